The van der Waals surface area contributed by atoms with Crippen LogP contribution >= 0.6 is 0 Å². The first kappa shape index (κ1) is 26.2. The van der Waals surface area contributed by atoms with Crippen LogP contribution in [0.3, 0.4) is 0 Å². The highest BCUT2D eigenvalue weighted by molar-refractivity contribution is 6.09. The second-order valence-corrected chi connectivity index (χ2v) is 9.59. The predicted molar refractivity (Wildman–Crippen MR) is 135 cm³/mol. The van der Waals surface area contributed by atoms with Crippen LogP contribution in [0.2, 0.25) is 0 Å². The number of fused-ring (bicyclic) bond motifs is 2. The molecule has 1 aliphatic rings. The quantitative estimate of drug-likeness (QED) is 0.346. The number of carbonyl (C=O) groups is 2. The first-order chi connectivity index (χ1) is 18.5. The Morgan fingerprint density at radius 1 is 1.15 bits per heavy atom. The van der Waals surface area contributed by atoms with Crippen molar-refractivity contribution in [3.05, 3.63) is 64.2 Å². The number of aromatic nitrogens is 5. The molecule has 4 aromatic rings. The van der Waals surface area contributed by atoms with Crippen molar-refractivity contribution in [1.82, 2.24) is 30.0 Å². The smallest absolute Gasteiger partial charge is 0.270 e. The lowest BCUT2D eigenvalue weighted by Gasteiger charge is -2.18. The maximum absolute atomic E-state index is 14.7. The Bertz CT molecular complexity index is 1650. The number of nitrogens with one attached hydrogen (secondary N) is 2. The molecule has 1 aliphatic heterocycles. The summed E-state index contributed by atoms with van der Waals surface area (Å²) < 4.78 is 49.3. The van der Waals surface area contributed by atoms with Gasteiger partial charge in [-0.15, -0.1) is 0 Å². The van der Waals surface area contributed by atoms with Gasteiger partial charge in [-0.1, -0.05) is 12.1 Å². The molecule has 0 aliphatic carbocycles. The molecule has 0 fully saturated rings. The molecule has 0 bridgehead atoms. The van der Waals surface area contributed by atoms with E-state index in [9.17, 15) is 22.8 Å². The minimum atomic E-state index is -1.11. The summed E-state index contributed by atoms with van der Waals surface area (Å²) in [5.41, 5.74) is -0.587. The van der Waals surface area contributed by atoms with Crippen molar-refractivity contribution in [2.45, 2.75) is 32.7 Å². The number of anilines is 1. The number of carbonyl (C=O) groups excluding carboxylic acids is 2. The number of halogens is 3. The number of pyridine rings is 1. The minimum Gasteiger partial charge on any atom is -0.383 e. The largest absolute Gasteiger partial charge is 0.383 e. The summed E-state index contributed by atoms with van der Waals surface area (Å²) in [6.45, 7) is 4.96. The summed E-state index contributed by atoms with van der Waals surface area (Å²) in [4.78, 5) is 39.1. The maximum Gasteiger partial charge on any atom is 0.270 e. The van der Waals surface area contributed by atoms with Crippen LogP contribution in [0.4, 0.5) is 19.0 Å². The van der Waals surface area contributed by atoms with Crippen molar-refractivity contribution in [3.8, 4) is 11.5 Å². The molecule has 0 saturated heterocycles. The van der Waals surface area contributed by atoms with E-state index in [0.717, 1.165) is 6.07 Å². The van der Waals surface area contributed by atoms with Gasteiger partial charge in [-0.3, -0.25) is 9.59 Å². The number of methoxy groups -OCH3 is 1. The van der Waals surface area contributed by atoms with E-state index >= 15 is 0 Å². The van der Waals surface area contributed by atoms with Crippen molar-refractivity contribution in [2.24, 2.45) is 0 Å². The fourth-order valence-corrected chi connectivity index (χ4v) is 4.41. The van der Waals surface area contributed by atoms with E-state index in [1.807, 2.05) is 0 Å². The third kappa shape index (κ3) is 4.48. The Hall–Kier alpha value is -4.39. The molecule has 0 atom stereocenters. The van der Waals surface area contributed by atoms with Crippen molar-refractivity contribution in [2.75, 3.05) is 25.6 Å². The van der Waals surface area contributed by atoms with Gasteiger partial charge in [0.25, 0.3) is 5.91 Å². The molecule has 202 valence electrons. The molecule has 39 heavy (non-hydrogen) atoms. The lowest BCUT2D eigenvalue weighted by molar-refractivity contribution is -0.119. The summed E-state index contributed by atoms with van der Waals surface area (Å²) in [5.74, 6) is -3.62. The molecule has 2 N–H and O–H groups in total. The number of amides is 2. The van der Waals surface area contributed by atoms with E-state index in [2.05, 4.69) is 30.7 Å². The highest BCUT2D eigenvalue weighted by Gasteiger charge is 2.44. The van der Waals surface area contributed by atoms with Gasteiger partial charge in [0, 0.05) is 24.8 Å². The number of hydrogen-bond acceptors (Lipinski definition) is 7. The molecule has 13 heteroatoms. The summed E-state index contributed by atoms with van der Waals surface area (Å²) in [7, 11) is 1.49. The molecule has 3 aromatic heterocycles. The molecule has 2 amide bonds. The van der Waals surface area contributed by atoms with Crippen LogP contribution in [-0.2, 0) is 21.5 Å². The van der Waals surface area contributed by atoms with Gasteiger partial charge in [-0.25, -0.2) is 32.8 Å². The molecular formula is C26H24F3N7O3. The van der Waals surface area contributed by atoms with Gasteiger partial charge in [0.2, 0.25) is 5.91 Å². The average molecular weight is 540 g/mol. The van der Waals surface area contributed by atoms with Gasteiger partial charge in [0.15, 0.2) is 23.1 Å². The van der Waals surface area contributed by atoms with Crippen LogP contribution in [0, 0.1) is 24.4 Å². The Balaban J connectivity index is 1.70. The summed E-state index contributed by atoms with van der Waals surface area (Å²) in [5, 5.41) is 10.0. The summed E-state index contributed by atoms with van der Waals surface area (Å²) >= 11 is 0. The number of nitrogens with zero attached hydrogens (tertiary/aromatic N) is 5. The second-order valence-electron chi connectivity index (χ2n) is 9.59. The van der Waals surface area contributed by atoms with E-state index in [0.29, 0.717) is 5.56 Å². The highest BCUT2D eigenvalue weighted by atomic mass is 19.2. The third-order valence-corrected chi connectivity index (χ3v) is 6.56. The zero-order valence-electron chi connectivity index (χ0n) is 21.5. The molecule has 0 spiro atoms. The maximum atomic E-state index is 14.7. The zero-order chi connectivity index (χ0) is 28.1. The Morgan fingerprint density at radius 2 is 1.92 bits per heavy atom. The number of ether oxygens (including phenoxy) is 1. The zero-order valence-corrected chi connectivity index (χ0v) is 21.5. The van der Waals surface area contributed by atoms with Crippen LogP contribution in [0.25, 0.3) is 22.6 Å². The van der Waals surface area contributed by atoms with Gasteiger partial charge in [-0.2, -0.15) is 5.10 Å². The van der Waals surface area contributed by atoms with Gasteiger partial charge in [-0.05, 0) is 32.9 Å². The Kier molecular flexibility index (Phi) is 6.54. The average Bonchev–Trinajstić information content (AvgIpc) is 3.34. The molecule has 5 rings (SSSR count). The summed E-state index contributed by atoms with van der Waals surface area (Å²) in [6.07, 6.45) is 0. The fourth-order valence-electron chi connectivity index (χ4n) is 4.41. The molecular weight excluding hydrogens is 515 g/mol. The normalized spacial score (nSPS) is 14.0. The van der Waals surface area contributed by atoms with Crippen LogP contribution in [0.5, 0.6) is 0 Å². The SMILES string of the molecule is COCCNC(=O)c1nc(-c2nn(Cc3cccc(F)c3F)c3nc(C)c(F)cc23)nc2c1C(C)(C)C(=O)N2. The standard InChI is InChI=1S/C26H24F3N7O3/c1-12-16(28)10-14-19(35-36(23(14)31-12)11-13-6-5-7-15(27)18(13)29)22-32-20(24(37)30-8-9-39-4)17-21(33-22)34-25(38)26(17,2)3/h5-7,10H,8-9,11H2,1-4H3,(H,30,37)(H,32,33,34,38). The highest BCUT2D eigenvalue weighted by Crippen LogP contribution is 2.39. The molecule has 1 aromatic carbocycles. The van der Waals surface area contributed by atoms with Crippen molar-refractivity contribution >= 4 is 28.7 Å². The third-order valence-electron chi connectivity index (χ3n) is 6.56. The first-order valence-electron chi connectivity index (χ1n) is 12.0. The molecule has 0 unspecified atom stereocenters. The van der Waals surface area contributed by atoms with Gasteiger partial charge in [0.1, 0.15) is 23.0 Å². The predicted octanol–water partition coefficient (Wildman–Crippen LogP) is 3.27. The van der Waals surface area contributed by atoms with Crippen LogP contribution in [-0.4, -0.2) is 56.8 Å². The number of aryl methyl sites for hydroxylation is 1. The number of benzene rings is 1. The van der Waals surface area contributed by atoms with Crippen molar-refractivity contribution < 1.29 is 27.5 Å². The minimum absolute atomic E-state index is 0.00294. The first-order valence-corrected chi connectivity index (χ1v) is 12.0. The van der Waals surface area contributed by atoms with Crippen LogP contribution in [0.15, 0.2) is 24.3 Å². The topological polar surface area (TPSA) is 124 Å². The monoisotopic (exact) mass is 539 g/mol. The molecule has 4 heterocycles. The van der Waals surface area contributed by atoms with Crippen LogP contribution < -0.4 is 10.6 Å². The van der Waals surface area contributed by atoms with E-state index in [-0.39, 0.29) is 70.9 Å². The van der Waals surface area contributed by atoms with Crippen molar-refractivity contribution in [3.63, 3.8) is 0 Å². The number of hydrogen-bond donors (Lipinski definition) is 2. The lowest BCUT2D eigenvalue weighted by atomic mass is 9.85. The number of rotatable bonds is 7. The fraction of sp³-hybridized carbons (Fsp3) is 0.308. The molecule has 10 nitrogen and oxygen atoms in total. The van der Waals surface area contributed by atoms with Gasteiger partial charge >= 0.3 is 0 Å². The van der Waals surface area contributed by atoms with Gasteiger partial charge < -0.3 is 15.4 Å². The Labute approximate surface area is 220 Å². The lowest BCUT2D eigenvalue weighted by Crippen LogP contribution is -2.33. The molecule has 0 radical (unpaired) electrons. The second kappa shape index (κ2) is 9.73. The summed E-state index contributed by atoms with van der Waals surface area (Å²) in [6, 6.07) is 4.95. The van der Waals surface area contributed by atoms with E-state index in [1.54, 1.807) is 13.8 Å². The van der Waals surface area contributed by atoms with Gasteiger partial charge in [0.05, 0.1) is 29.6 Å². The van der Waals surface area contributed by atoms with Crippen molar-refractivity contribution in [1.29, 1.82) is 0 Å². The van der Waals surface area contributed by atoms with Crippen LogP contribution in [0.1, 0.15) is 41.2 Å². The van der Waals surface area contributed by atoms with E-state index in [1.165, 1.54) is 36.9 Å². The van der Waals surface area contributed by atoms with E-state index in [4.69, 9.17) is 4.74 Å². The van der Waals surface area contributed by atoms with E-state index < -0.39 is 28.8 Å². The molecule has 0 saturated carbocycles. The Morgan fingerprint density at radius 3 is 2.67 bits per heavy atom.